The van der Waals surface area contributed by atoms with Crippen molar-refractivity contribution in [2.45, 2.75) is 25.2 Å². The maximum atomic E-state index is 12.7. The summed E-state index contributed by atoms with van der Waals surface area (Å²) in [6.45, 7) is 1.80. The van der Waals surface area contributed by atoms with E-state index in [1.807, 2.05) is 29.0 Å². The normalized spacial score (nSPS) is 14.9. The van der Waals surface area contributed by atoms with Crippen LogP contribution in [0.5, 0.6) is 0 Å². The third-order valence-electron chi connectivity index (χ3n) is 5.66. The van der Waals surface area contributed by atoms with Crippen LogP contribution in [0.2, 0.25) is 0 Å². The van der Waals surface area contributed by atoms with Gasteiger partial charge in [0.25, 0.3) is 0 Å². The molecule has 1 unspecified atom stereocenters. The maximum Gasteiger partial charge on any atom is 0.416 e. The monoisotopic (exact) mass is 473 g/mol. The molecule has 1 atom stereocenters. The number of anilines is 1. The van der Waals surface area contributed by atoms with E-state index in [4.69, 9.17) is 0 Å². The Labute approximate surface area is 193 Å². The van der Waals surface area contributed by atoms with Gasteiger partial charge in [-0.15, -0.1) is 0 Å². The van der Waals surface area contributed by atoms with Gasteiger partial charge in [0.15, 0.2) is 0 Å². The van der Waals surface area contributed by atoms with Crippen LogP contribution in [0.4, 0.5) is 18.9 Å². The summed E-state index contributed by atoms with van der Waals surface area (Å²) in [6.07, 6.45) is -3.56. The molecule has 1 aliphatic heterocycles. The lowest BCUT2D eigenvalue weighted by Gasteiger charge is -2.35. The Bertz CT molecular complexity index is 1110. The van der Waals surface area contributed by atoms with Crippen LogP contribution in [-0.2, 0) is 28.7 Å². The first-order valence-electron chi connectivity index (χ1n) is 10.4. The predicted molar refractivity (Wildman–Crippen MR) is 121 cm³/mol. The van der Waals surface area contributed by atoms with Gasteiger partial charge in [0.2, 0.25) is 0 Å². The van der Waals surface area contributed by atoms with Gasteiger partial charge in [-0.05, 0) is 64.2 Å². The van der Waals surface area contributed by atoms with Gasteiger partial charge in [-0.25, -0.2) is 0 Å². The summed E-state index contributed by atoms with van der Waals surface area (Å²) in [4.78, 5) is 27.0. The lowest BCUT2D eigenvalue weighted by Crippen LogP contribution is -2.43. The maximum absolute atomic E-state index is 12.7. The van der Waals surface area contributed by atoms with Crippen molar-refractivity contribution in [1.82, 2.24) is 10.2 Å². The SMILES string of the molecule is O=C(NCC(c1ccsc1)N1CCc2ccccc2C1)C(=O)Nc1ccc(C(F)(F)F)cc1. The average Bonchev–Trinajstić information content (AvgIpc) is 3.33. The smallest absolute Gasteiger partial charge is 0.346 e. The summed E-state index contributed by atoms with van der Waals surface area (Å²) in [7, 11) is 0. The van der Waals surface area contributed by atoms with Crippen molar-refractivity contribution >= 4 is 28.8 Å². The van der Waals surface area contributed by atoms with Gasteiger partial charge < -0.3 is 10.6 Å². The minimum atomic E-state index is -4.47. The summed E-state index contributed by atoms with van der Waals surface area (Å²) in [6, 6.07) is 14.1. The molecule has 9 heteroatoms. The quantitative estimate of drug-likeness (QED) is 0.532. The zero-order chi connectivity index (χ0) is 23.4. The molecule has 172 valence electrons. The molecule has 0 radical (unpaired) electrons. The van der Waals surface area contributed by atoms with Crippen molar-refractivity contribution in [2.75, 3.05) is 18.4 Å². The van der Waals surface area contributed by atoms with E-state index in [1.165, 1.54) is 11.1 Å². The highest BCUT2D eigenvalue weighted by molar-refractivity contribution is 7.08. The van der Waals surface area contributed by atoms with E-state index < -0.39 is 23.6 Å². The van der Waals surface area contributed by atoms with Gasteiger partial charge in [0.1, 0.15) is 0 Å². The predicted octanol–water partition coefficient (Wildman–Crippen LogP) is 4.62. The van der Waals surface area contributed by atoms with Gasteiger partial charge in [-0.2, -0.15) is 24.5 Å². The van der Waals surface area contributed by atoms with E-state index in [0.717, 1.165) is 49.3 Å². The number of fused-ring (bicyclic) bond motifs is 1. The van der Waals surface area contributed by atoms with E-state index in [9.17, 15) is 22.8 Å². The number of halogens is 3. The molecule has 0 fully saturated rings. The Morgan fingerprint density at radius 2 is 1.73 bits per heavy atom. The molecule has 2 heterocycles. The van der Waals surface area contributed by atoms with E-state index in [1.54, 1.807) is 11.3 Å². The van der Waals surface area contributed by atoms with Crippen LogP contribution in [0.3, 0.4) is 0 Å². The highest BCUT2D eigenvalue weighted by atomic mass is 32.1. The van der Waals surface area contributed by atoms with Crippen molar-refractivity contribution in [2.24, 2.45) is 0 Å². The first kappa shape index (κ1) is 23.0. The molecule has 4 rings (SSSR count). The van der Waals surface area contributed by atoms with Gasteiger partial charge in [0, 0.05) is 25.3 Å². The second kappa shape index (κ2) is 9.76. The Morgan fingerprint density at radius 1 is 1.00 bits per heavy atom. The number of nitrogens with zero attached hydrogens (tertiary/aromatic N) is 1. The highest BCUT2D eigenvalue weighted by Crippen LogP contribution is 2.30. The summed E-state index contributed by atoms with van der Waals surface area (Å²) in [5.41, 5.74) is 2.91. The fourth-order valence-corrected chi connectivity index (χ4v) is 4.61. The number of benzene rings is 2. The van der Waals surface area contributed by atoms with Gasteiger partial charge in [-0.3, -0.25) is 14.5 Å². The molecule has 1 aliphatic rings. The lowest BCUT2D eigenvalue weighted by atomic mass is 9.97. The lowest BCUT2D eigenvalue weighted by molar-refractivity contribution is -0.137. The Hall–Kier alpha value is -3.17. The zero-order valence-corrected chi connectivity index (χ0v) is 18.4. The van der Waals surface area contributed by atoms with Crippen molar-refractivity contribution in [1.29, 1.82) is 0 Å². The number of rotatable bonds is 5. The molecule has 2 amide bonds. The van der Waals surface area contributed by atoms with Gasteiger partial charge >= 0.3 is 18.0 Å². The Balaban J connectivity index is 1.39. The number of alkyl halides is 3. The molecule has 33 heavy (non-hydrogen) atoms. The van der Waals surface area contributed by atoms with E-state index in [2.05, 4.69) is 27.7 Å². The van der Waals surface area contributed by atoms with Crippen LogP contribution in [0.1, 0.15) is 28.3 Å². The molecule has 5 nitrogen and oxygen atoms in total. The number of carbonyl (C=O) groups is 2. The standard InChI is InChI=1S/C24H22F3N3O2S/c25-24(26,27)19-5-7-20(8-6-19)29-23(32)22(31)28-13-21(18-10-12-33-15-18)30-11-9-16-3-1-2-4-17(16)14-30/h1-8,10,12,15,21H,9,11,13-14H2,(H,28,31)(H,29,32). The van der Waals surface area contributed by atoms with Crippen LogP contribution in [0.25, 0.3) is 0 Å². The first-order valence-corrected chi connectivity index (χ1v) is 11.3. The number of thiophene rings is 1. The topological polar surface area (TPSA) is 61.4 Å². The Morgan fingerprint density at radius 3 is 2.39 bits per heavy atom. The van der Waals surface area contributed by atoms with Crippen LogP contribution in [-0.4, -0.2) is 29.8 Å². The second-order valence-corrected chi connectivity index (χ2v) is 8.58. The number of nitrogens with one attached hydrogen (secondary N) is 2. The van der Waals surface area contributed by atoms with Crippen LogP contribution >= 0.6 is 11.3 Å². The third-order valence-corrected chi connectivity index (χ3v) is 6.36. The van der Waals surface area contributed by atoms with Crippen LogP contribution in [0.15, 0.2) is 65.4 Å². The van der Waals surface area contributed by atoms with Crippen LogP contribution < -0.4 is 10.6 Å². The van der Waals surface area contributed by atoms with Gasteiger partial charge in [0.05, 0.1) is 11.6 Å². The minimum absolute atomic E-state index is 0.104. The van der Waals surface area contributed by atoms with E-state index in [-0.39, 0.29) is 18.3 Å². The van der Waals surface area contributed by atoms with Crippen molar-refractivity contribution < 1.29 is 22.8 Å². The molecule has 2 N–H and O–H groups in total. The number of amides is 2. The van der Waals surface area contributed by atoms with Crippen molar-refractivity contribution in [3.63, 3.8) is 0 Å². The molecule has 0 saturated carbocycles. The molecule has 0 aliphatic carbocycles. The number of hydrogen-bond acceptors (Lipinski definition) is 4. The minimum Gasteiger partial charge on any atom is -0.346 e. The molecule has 0 spiro atoms. The fourth-order valence-electron chi connectivity index (χ4n) is 3.91. The molecule has 0 saturated heterocycles. The van der Waals surface area contributed by atoms with E-state index >= 15 is 0 Å². The fraction of sp³-hybridized carbons (Fsp3) is 0.250. The van der Waals surface area contributed by atoms with Crippen molar-refractivity contribution in [3.05, 3.63) is 87.6 Å². The molecular formula is C24H22F3N3O2S. The highest BCUT2D eigenvalue weighted by Gasteiger charge is 2.30. The van der Waals surface area contributed by atoms with Crippen LogP contribution in [0, 0.1) is 0 Å². The summed E-state index contributed by atoms with van der Waals surface area (Å²) >= 11 is 1.56. The summed E-state index contributed by atoms with van der Waals surface area (Å²) in [5, 5.41) is 9.02. The zero-order valence-electron chi connectivity index (χ0n) is 17.6. The average molecular weight is 474 g/mol. The van der Waals surface area contributed by atoms with Crippen molar-refractivity contribution in [3.8, 4) is 0 Å². The summed E-state index contributed by atoms with van der Waals surface area (Å²) < 4.78 is 38.1. The van der Waals surface area contributed by atoms with Gasteiger partial charge in [-0.1, -0.05) is 24.3 Å². The number of hydrogen-bond donors (Lipinski definition) is 2. The second-order valence-electron chi connectivity index (χ2n) is 7.80. The molecule has 2 aromatic carbocycles. The largest absolute Gasteiger partial charge is 0.416 e. The third kappa shape index (κ3) is 5.61. The molecule has 1 aromatic heterocycles. The molecule has 3 aromatic rings. The first-order chi connectivity index (χ1) is 15.8. The number of carbonyl (C=O) groups excluding carboxylic acids is 2. The summed E-state index contributed by atoms with van der Waals surface area (Å²) in [5.74, 6) is -1.77. The molecule has 0 bridgehead atoms. The van der Waals surface area contributed by atoms with E-state index in [0.29, 0.717) is 0 Å². The Kier molecular flexibility index (Phi) is 6.80. The molecular weight excluding hydrogens is 451 g/mol.